The molecule has 18 heavy (non-hydrogen) atoms. The molecule has 0 bridgehead atoms. The van der Waals surface area contributed by atoms with Crippen LogP contribution in [0.25, 0.3) is 0 Å². The number of amides is 1. The Labute approximate surface area is 108 Å². The van der Waals surface area contributed by atoms with Gasteiger partial charge >= 0.3 is 0 Å². The van der Waals surface area contributed by atoms with Gasteiger partial charge in [0.25, 0.3) is 0 Å². The van der Waals surface area contributed by atoms with Crippen molar-refractivity contribution in [3.8, 4) is 6.07 Å². The summed E-state index contributed by atoms with van der Waals surface area (Å²) in [5.41, 5.74) is 1.27. The lowest BCUT2D eigenvalue weighted by molar-refractivity contribution is -0.117. The number of carbonyl (C=O) groups is 1. The van der Waals surface area contributed by atoms with Crippen LogP contribution in [-0.2, 0) is 9.53 Å². The lowest BCUT2D eigenvalue weighted by atomic mass is 10.2. The van der Waals surface area contributed by atoms with E-state index < -0.39 is 0 Å². The molecule has 0 spiro atoms. The summed E-state index contributed by atoms with van der Waals surface area (Å²) in [6.07, 6.45) is 1.47. The van der Waals surface area contributed by atoms with E-state index in [9.17, 15) is 4.79 Å². The van der Waals surface area contributed by atoms with E-state index in [0.29, 0.717) is 24.3 Å². The Morgan fingerprint density at radius 3 is 2.67 bits per heavy atom. The molecule has 96 valence electrons. The van der Waals surface area contributed by atoms with Crippen molar-refractivity contribution in [2.75, 3.05) is 11.9 Å². The van der Waals surface area contributed by atoms with Gasteiger partial charge in [-0.15, -0.1) is 0 Å². The normalized spacial score (nSPS) is 11.6. The van der Waals surface area contributed by atoms with Crippen molar-refractivity contribution in [1.29, 1.82) is 5.26 Å². The highest BCUT2D eigenvalue weighted by Gasteiger charge is 2.04. The number of rotatable bonds is 6. The fraction of sp³-hybridized carbons (Fsp3) is 0.429. The van der Waals surface area contributed by atoms with Gasteiger partial charge in [-0.2, -0.15) is 5.26 Å². The monoisotopic (exact) mass is 246 g/mol. The first-order chi connectivity index (χ1) is 8.65. The number of hydrogen-bond acceptors (Lipinski definition) is 3. The minimum atomic E-state index is -0.0805. The maximum absolute atomic E-state index is 11.6. The average Bonchev–Trinajstić information content (AvgIpc) is 2.39. The second-order valence-electron chi connectivity index (χ2n) is 4.08. The maximum Gasteiger partial charge on any atom is 0.226 e. The summed E-state index contributed by atoms with van der Waals surface area (Å²) in [4.78, 5) is 11.6. The molecule has 0 radical (unpaired) electrons. The van der Waals surface area contributed by atoms with Crippen LogP contribution in [0.5, 0.6) is 0 Å². The van der Waals surface area contributed by atoms with E-state index in [2.05, 4.69) is 5.32 Å². The number of carbonyl (C=O) groups excluding carboxylic acids is 1. The van der Waals surface area contributed by atoms with Crippen LogP contribution in [0.15, 0.2) is 24.3 Å². The SMILES string of the molecule is CCC(C)OCCC(=O)Nc1ccc(C#N)cc1. The van der Waals surface area contributed by atoms with Gasteiger partial charge in [0.05, 0.1) is 30.8 Å². The van der Waals surface area contributed by atoms with Crippen LogP contribution in [0.4, 0.5) is 5.69 Å². The smallest absolute Gasteiger partial charge is 0.226 e. The van der Waals surface area contributed by atoms with Gasteiger partial charge in [-0.25, -0.2) is 0 Å². The molecule has 0 aliphatic rings. The summed E-state index contributed by atoms with van der Waals surface area (Å²) in [6, 6.07) is 8.80. The molecule has 0 heterocycles. The summed E-state index contributed by atoms with van der Waals surface area (Å²) >= 11 is 0. The average molecular weight is 246 g/mol. The van der Waals surface area contributed by atoms with Crippen LogP contribution < -0.4 is 5.32 Å². The van der Waals surface area contributed by atoms with Crippen molar-refractivity contribution in [3.05, 3.63) is 29.8 Å². The Hall–Kier alpha value is -1.86. The van der Waals surface area contributed by atoms with Crippen molar-refractivity contribution < 1.29 is 9.53 Å². The van der Waals surface area contributed by atoms with Gasteiger partial charge < -0.3 is 10.1 Å². The third-order valence-corrected chi connectivity index (χ3v) is 2.60. The fourth-order valence-corrected chi connectivity index (χ4v) is 1.32. The van der Waals surface area contributed by atoms with Crippen LogP contribution in [0.2, 0.25) is 0 Å². The van der Waals surface area contributed by atoms with E-state index in [1.165, 1.54) is 0 Å². The lowest BCUT2D eigenvalue weighted by Gasteiger charge is -2.10. The summed E-state index contributed by atoms with van der Waals surface area (Å²) in [7, 11) is 0. The third kappa shape index (κ3) is 4.98. The quantitative estimate of drug-likeness (QED) is 0.839. The molecule has 1 aromatic rings. The number of hydrogen-bond donors (Lipinski definition) is 1. The summed E-state index contributed by atoms with van der Waals surface area (Å²) in [6.45, 7) is 4.46. The van der Waals surface area contributed by atoms with Crippen LogP contribution in [0.1, 0.15) is 32.3 Å². The van der Waals surface area contributed by atoms with Gasteiger partial charge in [-0.1, -0.05) is 6.92 Å². The molecule has 1 unspecified atom stereocenters. The van der Waals surface area contributed by atoms with E-state index in [0.717, 1.165) is 6.42 Å². The molecule has 1 N–H and O–H groups in total. The molecular weight excluding hydrogens is 228 g/mol. The van der Waals surface area contributed by atoms with Crippen LogP contribution in [-0.4, -0.2) is 18.6 Å². The number of benzene rings is 1. The van der Waals surface area contributed by atoms with Crippen molar-refractivity contribution >= 4 is 11.6 Å². The molecule has 0 saturated carbocycles. The minimum absolute atomic E-state index is 0.0805. The molecule has 1 aromatic carbocycles. The highest BCUT2D eigenvalue weighted by Crippen LogP contribution is 2.09. The first-order valence-corrected chi connectivity index (χ1v) is 6.07. The van der Waals surface area contributed by atoms with Gasteiger partial charge in [0, 0.05) is 5.69 Å². The Bertz CT molecular complexity index is 420. The standard InChI is InChI=1S/C14H18N2O2/c1-3-11(2)18-9-8-14(17)16-13-6-4-12(10-15)5-7-13/h4-7,11H,3,8-9H2,1-2H3,(H,16,17). The highest BCUT2D eigenvalue weighted by atomic mass is 16.5. The van der Waals surface area contributed by atoms with Crippen LogP contribution in [0.3, 0.4) is 0 Å². The minimum Gasteiger partial charge on any atom is -0.378 e. The molecular formula is C14H18N2O2. The van der Waals surface area contributed by atoms with E-state index >= 15 is 0 Å². The Kier molecular flexibility index (Phi) is 5.89. The number of nitrogens with zero attached hydrogens (tertiary/aromatic N) is 1. The van der Waals surface area contributed by atoms with E-state index in [-0.39, 0.29) is 12.0 Å². The first kappa shape index (κ1) is 14.2. The number of nitrogens with one attached hydrogen (secondary N) is 1. The van der Waals surface area contributed by atoms with Gasteiger partial charge in [-0.05, 0) is 37.6 Å². The van der Waals surface area contributed by atoms with Gasteiger partial charge in [0.15, 0.2) is 0 Å². The molecule has 1 atom stereocenters. The summed E-state index contributed by atoms with van der Waals surface area (Å²) in [5, 5.41) is 11.4. The molecule has 4 heteroatoms. The largest absolute Gasteiger partial charge is 0.378 e. The number of nitriles is 1. The Morgan fingerprint density at radius 1 is 1.44 bits per heavy atom. The van der Waals surface area contributed by atoms with Gasteiger partial charge in [0.1, 0.15) is 0 Å². The maximum atomic E-state index is 11.6. The van der Waals surface area contributed by atoms with E-state index in [1.54, 1.807) is 24.3 Å². The lowest BCUT2D eigenvalue weighted by Crippen LogP contribution is -2.16. The summed E-state index contributed by atoms with van der Waals surface area (Å²) in [5.74, 6) is -0.0805. The van der Waals surface area contributed by atoms with Gasteiger partial charge in [-0.3, -0.25) is 4.79 Å². The highest BCUT2D eigenvalue weighted by molar-refractivity contribution is 5.90. The van der Waals surface area contributed by atoms with Crippen molar-refractivity contribution in [3.63, 3.8) is 0 Å². The fourth-order valence-electron chi connectivity index (χ4n) is 1.32. The van der Waals surface area contributed by atoms with Crippen molar-refractivity contribution in [2.24, 2.45) is 0 Å². The molecule has 1 rings (SSSR count). The van der Waals surface area contributed by atoms with Gasteiger partial charge in [0.2, 0.25) is 5.91 Å². The molecule has 0 aliphatic carbocycles. The van der Waals surface area contributed by atoms with E-state index in [4.69, 9.17) is 10.00 Å². The second-order valence-corrected chi connectivity index (χ2v) is 4.08. The molecule has 0 aliphatic heterocycles. The zero-order valence-electron chi connectivity index (χ0n) is 10.8. The molecule has 4 nitrogen and oxygen atoms in total. The Balaban J connectivity index is 2.33. The predicted molar refractivity (Wildman–Crippen MR) is 70.1 cm³/mol. The van der Waals surface area contributed by atoms with Crippen molar-refractivity contribution in [1.82, 2.24) is 0 Å². The zero-order chi connectivity index (χ0) is 13.4. The van der Waals surface area contributed by atoms with E-state index in [1.807, 2.05) is 19.9 Å². The molecule has 0 aromatic heterocycles. The Morgan fingerprint density at radius 2 is 2.11 bits per heavy atom. The van der Waals surface area contributed by atoms with Crippen LogP contribution >= 0.6 is 0 Å². The molecule has 1 amide bonds. The number of ether oxygens (including phenoxy) is 1. The topological polar surface area (TPSA) is 62.1 Å². The number of anilines is 1. The molecule has 0 saturated heterocycles. The van der Waals surface area contributed by atoms with Crippen LogP contribution in [0, 0.1) is 11.3 Å². The predicted octanol–water partition coefficient (Wildman–Crippen LogP) is 2.70. The zero-order valence-corrected chi connectivity index (χ0v) is 10.8. The first-order valence-electron chi connectivity index (χ1n) is 6.07. The third-order valence-electron chi connectivity index (χ3n) is 2.60. The second kappa shape index (κ2) is 7.46. The summed E-state index contributed by atoms with van der Waals surface area (Å²) < 4.78 is 5.43. The molecule has 0 fully saturated rings. The van der Waals surface area contributed by atoms with Crippen molar-refractivity contribution in [2.45, 2.75) is 32.8 Å².